The second-order valence-electron chi connectivity index (χ2n) is 6.65. The smallest absolute Gasteiger partial charge is 0.282 e. The number of piperidine rings is 2. The second-order valence-corrected chi connectivity index (χ2v) is 8.58. The zero-order valence-corrected chi connectivity index (χ0v) is 13.5. The van der Waals surface area contributed by atoms with E-state index in [0.29, 0.717) is 50.4 Å². The van der Waals surface area contributed by atoms with Crippen molar-refractivity contribution < 1.29 is 13.5 Å². The first-order chi connectivity index (χ1) is 9.43. The summed E-state index contributed by atoms with van der Waals surface area (Å²) in [7, 11) is -3.32. The summed E-state index contributed by atoms with van der Waals surface area (Å²) < 4.78 is 28.9. The Morgan fingerprint density at radius 1 is 1.10 bits per heavy atom. The first kappa shape index (κ1) is 16.2. The molecule has 1 N–H and O–H groups in total. The van der Waals surface area contributed by atoms with Crippen LogP contribution in [0.5, 0.6) is 0 Å². The molecule has 0 amide bonds. The highest BCUT2D eigenvalue weighted by Gasteiger charge is 2.36. The third-order valence-corrected chi connectivity index (χ3v) is 6.44. The van der Waals surface area contributed by atoms with E-state index in [1.807, 2.05) is 0 Å². The molecule has 0 aliphatic carbocycles. The fourth-order valence-corrected chi connectivity index (χ4v) is 5.58. The molecule has 2 saturated heterocycles. The predicted molar refractivity (Wildman–Crippen MR) is 79.4 cm³/mol. The third kappa shape index (κ3) is 3.72. The van der Waals surface area contributed by atoms with Gasteiger partial charge < -0.3 is 5.11 Å². The van der Waals surface area contributed by atoms with Crippen LogP contribution in [0.4, 0.5) is 0 Å². The Bertz CT molecular complexity index is 401. The van der Waals surface area contributed by atoms with Gasteiger partial charge in [0.05, 0.1) is 0 Å². The minimum absolute atomic E-state index is 0.149. The lowest BCUT2D eigenvalue weighted by atomic mass is 9.94. The maximum absolute atomic E-state index is 12.8. The maximum atomic E-state index is 12.8. The molecule has 2 aliphatic rings. The van der Waals surface area contributed by atoms with Crippen molar-refractivity contribution >= 4 is 10.2 Å². The van der Waals surface area contributed by atoms with E-state index in [-0.39, 0.29) is 6.61 Å². The average Bonchev–Trinajstić information content (AvgIpc) is 2.38. The highest BCUT2D eigenvalue weighted by Crippen LogP contribution is 2.28. The lowest BCUT2D eigenvalue weighted by Gasteiger charge is -2.39. The summed E-state index contributed by atoms with van der Waals surface area (Å²) in [5.74, 6) is 1.18. The van der Waals surface area contributed by atoms with Crippen molar-refractivity contribution in [2.45, 2.75) is 39.5 Å². The molecule has 118 valence electrons. The van der Waals surface area contributed by atoms with Gasteiger partial charge in [-0.2, -0.15) is 17.0 Å². The monoisotopic (exact) mass is 304 g/mol. The van der Waals surface area contributed by atoms with E-state index >= 15 is 0 Å². The number of aliphatic hydroxyl groups excluding tert-OH is 1. The van der Waals surface area contributed by atoms with Crippen molar-refractivity contribution in [3.8, 4) is 0 Å². The Hall–Kier alpha value is -0.170. The van der Waals surface area contributed by atoms with Gasteiger partial charge in [0.2, 0.25) is 0 Å². The van der Waals surface area contributed by atoms with E-state index in [1.165, 1.54) is 0 Å². The summed E-state index contributed by atoms with van der Waals surface area (Å²) >= 11 is 0. The van der Waals surface area contributed by atoms with Crippen LogP contribution in [0.1, 0.15) is 39.5 Å². The molecule has 2 rings (SSSR count). The summed E-state index contributed by atoms with van der Waals surface area (Å²) in [6.07, 6.45) is 3.75. The van der Waals surface area contributed by atoms with Gasteiger partial charge >= 0.3 is 0 Å². The molecule has 6 heteroatoms. The van der Waals surface area contributed by atoms with Crippen molar-refractivity contribution in [2.24, 2.45) is 17.8 Å². The molecule has 5 nitrogen and oxygen atoms in total. The maximum Gasteiger partial charge on any atom is 0.282 e. The van der Waals surface area contributed by atoms with Crippen LogP contribution in [0.3, 0.4) is 0 Å². The van der Waals surface area contributed by atoms with E-state index in [4.69, 9.17) is 5.11 Å². The molecule has 0 saturated carbocycles. The Morgan fingerprint density at radius 2 is 1.75 bits per heavy atom. The molecule has 0 bridgehead atoms. The SMILES string of the molecule is CC1CC(C)CN(S(=O)(=O)N2CCCC(CCO)C2)C1. The van der Waals surface area contributed by atoms with Crippen LogP contribution in [0.15, 0.2) is 0 Å². The van der Waals surface area contributed by atoms with E-state index in [2.05, 4.69) is 13.8 Å². The van der Waals surface area contributed by atoms with Gasteiger partial charge in [-0.1, -0.05) is 13.8 Å². The molecule has 3 unspecified atom stereocenters. The van der Waals surface area contributed by atoms with Crippen LogP contribution in [-0.2, 0) is 10.2 Å². The number of hydrogen-bond acceptors (Lipinski definition) is 3. The van der Waals surface area contributed by atoms with Gasteiger partial charge in [-0.3, -0.25) is 0 Å². The molecular formula is C14H28N2O3S. The van der Waals surface area contributed by atoms with Crippen LogP contribution in [0.25, 0.3) is 0 Å². The summed E-state index contributed by atoms with van der Waals surface area (Å²) in [5.41, 5.74) is 0. The quantitative estimate of drug-likeness (QED) is 0.852. The summed E-state index contributed by atoms with van der Waals surface area (Å²) in [6.45, 7) is 6.90. The Morgan fingerprint density at radius 3 is 2.35 bits per heavy atom. The average molecular weight is 304 g/mol. The van der Waals surface area contributed by atoms with Crippen molar-refractivity contribution in [3.63, 3.8) is 0 Å². The van der Waals surface area contributed by atoms with Crippen LogP contribution in [-0.4, -0.2) is 54.9 Å². The molecule has 0 aromatic rings. The number of rotatable bonds is 4. The van der Waals surface area contributed by atoms with Crippen molar-refractivity contribution in [3.05, 3.63) is 0 Å². The molecular weight excluding hydrogens is 276 g/mol. The molecule has 3 atom stereocenters. The highest BCUT2D eigenvalue weighted by molar-refractivity contribution is 7.86. The van der Waals surface area contributed by atoms with E-state index in [0.717, 1.165) is 19.3 Å². The fourth-order valence-electron chi connectivity index (χ4n) is 3.61. The predicted octanol–water partition coefficient (Wildman–Crippen LogP) is 1.30. The zero-order chi connectivity index (χ0) is 14.8. The van der Waals surface area contributed by atoms with Crippen LogP contribution < -0.4 is 0 Å². The largest absolute Gasteiger partial charge is 0.396 e. The molecule has 2 aliphatic heterocycles. The number of nitrogens with zero attached hydrogens (tertiary/aromatic N) is 2. The minimum Gasteiger partial charge on any atom is -0.396 e. The van der Waals surface area contributed by atoms with Crippen LogP contribution in [0, 0.1) is 17.8 Å². The molecule has 0 spiro atoms. The second kappa shape index (κ2) is 6.73. The van der Waals surface area contributed by atoms with E-state index in [9.17, 15) is 8.42 Å². The molecule has 20 heavy (non-hydrogen) atoms. The van der Waals surface area contributed by atoms with Crippen LogP contribution >= 0.6 is 0 Å². The molecule has 2 heterocycles. The number of aliphatic hydroxyl groups is 1. The topological polar surface area (TPSA) is 60.9 Å². The lowest BCUT2D eigenvalue weighted by molar-refractivity contribution is 0.177. The Labute approximate surface area is 123 Å². The van der Waals surface area contributed by atoms with E-state index in [1.54, 1.807) is 8.61 Å². The molecule has 2 fully saturated rings. The van der Waals surface area contributed by atoms with Gasteiger partial charge in [0, 0.05) is 32.8 Å². The number of hydrogen-bond donors (Lipinski definition) is 1. The van der Waals surface area contributed by atoms with Gasteiger partial charge in [0.1, 0.15) is 0 Å². The van der Waals surface area contributed by atoms with Gasteiger partial charge in [-0.25, -0.2) is 0 Å². The summed E-state index contributed by atoms with van der Waals surface area (Å²) in [4.78, 5) is 0. The Kier molecular flexibility index (Phi) is 5.45. The van der Waals surface area contributed by atoms with Crippen molar-refractivity contribution in [1.29, 1.82) is 0 Å². The summed E-state index contributed by atoms with van der Waals surface area (Å²) in [6, 6.07) is 0. The standard InChI is InChI=1S/C14H28N2O3S/c1-12-8-13(2)10-16(9-12)20(18,19)15-6-3-4-14(11-15)5-7-17/h12-14,17H,3-11H2,1-2H3. The first-order valence-electron chi connectivity index (χ1n) is 7.79. The van der Waals surface area contributed by atoms with Crippen LogP contribution in [0.2, 0.25) is 0 Å². The molecule has 0 aromatic carbocycles. The van der Waals surface area contributed by atoms with Gasteiger partial charge in [0.25, 0.3) is 10.2 Å². The minimum atomic E-state index is -3.32. The van der Waals surface area contributed by atoms with Crippen molar-refractivity contribution in [2.75, 3.05) is 32.8 Å². The van der Waals surface area contributed by atoms with Gasteiger partial charge in [-0.15, -0.1) is 0 Å². The van der Waals surface area contributed by atoms with Gasteiger partial charge in [0.15, 0.2) is 0 Å². The molecule has 0 radical (unpaired) electrons. The zero-order valence-electron chi connectivity index (χ0n) is 12.7. The lowest BCUT2D eigenvalue weighted by Crippen LogP contribution is -2.52. The fraction of sp³-hybridized carbons (Fsp3) is 1.00. The first-order valence-corrected chi connectivity index (χ1v) is 9.19. The highest BCUT2D eigenvalue weighted by atomic mass is 32.2. The summed E-state index contributed by atoms with van der Waals surface area (Å²) in [5, 5.41) is 9.05. The molecule has 0 aromatic heterocycles. The van der Waals surface area contributed by atoms with E-state index < -0.39 is 10.2 Å². The van der Waals surface area contributed by atoms with Crippen molar-refractivity contribution in [1.82, 2.24) is 8.61 Å². The van der Waals surface area contributed by atoms with Gasteiger partial charge in [-0.05, 0) is 43.4 Å². The third-order valence-electron chi connectivity index (χ3n) is 4.51. The normalized spacial score (nSPS) is 34.2. The Balaban J connectivity index is 2.05.